The van der Waals surface area contributed by atoms with Crippen molar-refractivity contribution in [3.63, 3.8) is 0 Å². The van der Waals surface area contributed by atoms with Crippen molar-refractivity contribution in [1.29, 1.82) is 0 Å². The Morgan fingerprint density at radius 1 is 1.29 bits per heavy atom. The number of benzene rings is 1. The predicted molar refractivity (Wildman–Crippen MR) is 124 cm³/mol. The maximum absolute atomic E-state index is 12.2. The van der Waals surface area contributed by atoms with Gasteiger partial charge in [-0.15, -0.1) is 24.0 Å². The minimum atomic E-state index is -0.311. The lowest BCUT2D eigenvalue weighted by Gasteiger charge is -2.37. The number of ether oxygens (including phenoxy) is 1. The number of guanidine groups is 1. The Kier molecular flexibility index (Phi) is 9.01. The number of nitrogens with one attached hydrogen (secondary N) is 2. The molecule has 1 amide bonds. The Morgan fingerprint density at radius 3 is 2.68 bits per heavy atom. The van der Waals surface area contributed by atoms with E-state index in [1.165, 1.54) is 6.42 Å². The van der Waals surface area contributed by atoms with Crippen LogP contribution in [0.2, 0.25) is 0 Å². The number of piperidine rings is 1. The fourth-order valence-corrected chi connectivity index (χ4v) is 4.12. The van der Waals surface area contributed by atoms with Gasteiger partial charge in [0, 0.05) is 39.0 Å². The molecule has 2 fully saturated rings. The lowest BCUT2D eigenvalue weighted by molar-refractivity contribution is -0.124. The van der Waals surface area contributed by atoms with Gasteiger partial charge in [0.1, 0.15) is 6.10 Å². The molecule has 2 saturated heterocycles. The van der Waals surface area contributed by atoms with E-state index < -0.39 is 0 Å². The Morgan fingerprint density at radius 2 is 2.04 bits per heavy atom. The maximum atomic E-state index is 12.2. The van der Waals surface area contributed by atoms with Crippen molar-refractivity contribution in [3.8, 4) is 0 Å². The summed E-state index contributed by atoms with van der Waals surface area (Å²) in [5, 5.41) is 6.44. The highest BCUT2D eigenvalue weighted by atomic mass is 127. The van der Waals surface area contributed by atoms with Gasteiger partial charge in [-0.3, -0.25) is 9.79 Å². The standard InChI is InChI=1S/C21H32N4O2.HI/c1-15-10-16(2)14-25(13-15)21(22-3)23-12-17-6-4-7-18(11-17)24-20(26)19-8-5-9-27-19;/h4,6-7,11,15-16,19H,5,8-10,12-14H2,1-3H3,(H,22,23)(H,24,26);1H. The van der Waals surface area contributed by atoms with E-state index in [0.29, 0.717) is 25.0 Å². The number of hydrogen-bond donors (Lipinski definition) is 2. The molecule has 3 atom stereocenters. The van der Waals surface area contributed by atoms with Crippen LogP contribution in [0.1, 0.15) is 38.7 Å². The first kappa shape index (κ1) is 22.9. The number of amides is 1. The molecular weight excluding hydrogens is 467 g/mol. The van der Waals surface area contributed by atoms with Crippen molar-refractivity contribution >= 4 is 41.5 Å². The normalized spacial score (nSPS) is 25.2. The second-order valence-electron chi connectivity index (χ2n) is 7.94. The highest BCUT2D eigenvalue weighted by Gasteiger charge is 2.24. The summed E-state index contributed by atoms with van der Waals surface area (Å²) < 4.78 is 5.45. The smallest absolute Gasteiger partial charge is 0.253 e. The van der Waals surface area contributed by atoms with Crippen molar-refractivity contribution in [2.45, 2.75) is 45.8 Å². The summed E-state index contributed by atoms with van der Waals surface area (Å²) in [5.41, 5.74) is 1.92. The van der Waals surface area contributed by atoms with E-state index in [1.807, 2.05) is 25.2 Å². The number of rotatable bonds is 4. The number of nitrogens with zero attached hydrogens (tertiary/aromatic N) is 2. The molecule has 156 valence electrons. The van der Waals surface area contributed by atoms with Gasteiger partial charge in [0.25, 0.3) is 5.91 Å². The number of anilines is 1. The zero-order valence-corrected chi connectivity index (χ0v) is 19.4. The number of likely N-dealkylation sites (tertiary alicyclic amines) is 1. The molecule has 2 N–H and O–H groups in total. The summed E-state index contributed by atoms with van der Waals surface area (Å²) in [6.07, 6.45) is 2.72. The summed E-state index contributed by atoms with van der Waals surface area (Å²) in [5.74, 6) is 2.26. The van der Waals surface area contributed by atoms with Crippen LogP contribution in [0.25, 0.3) is 0 Å². The van der Waals surface area contributed by atoms with E-state index in [4.69, 9.17) is 4.74 Å². The number of carbonyl (C=O) groups excluding carboxylic acids is 1. The number of carbonyl (C=O) groups is 1. The average molecular weight is 500 g/mol. The fourth-order valence-electron chi connectivity index (χ4n) is 4.12. The van der Waals surface area contributed by atoms with E-state index in [9.17, 15) is 4.79 Å². The molecule has 0 spiro atoms. The van der Waals surface area contributed by atoms with E-state index >= 15 is 0 Å². The van der Waals surface area contributed by atoms with Gasteiger partial charge in [0.2, 0.25) is 0 Å². The van der Waals surface area contributed by atoms with Crippen molar-refractivity contribution < 1.29 is 9.53 Å². The highest BCUT2D eigenvalue weighted by Crippen LogP contribution is 2.21. The molecule has 7 heteroatoms. The predicted octanol–water partition coefficient (Wildman–Crippen LogP) is 3.48. The highest BCUT2D eigenvalue weighted by molar-refractivity contribution is 14.0. The molecule has 6 nitrogen and oxygen atoms in total. The molecule has 2 aliphatic rings. The number of halogens is 1. The second-order valence-corrected chi connectivity index (χ2v) is 7.94. The average Bonchev–Trinajstić information content (AvgIpc) is 3.17. The van der Waals surface area contributed by atoms with Gasteiger partial charge < -0.3 is 20.3 Å². The van der Waals surface area contributed by atoms with Crippen LogP contribution in [0, 0.1) is 11.8 Å². The SMILES string of the molecule is CN=C(NCc1cccc(NC(=O)C2CCCO2)c1)N1CC(C)CC(C)C1.I. The molecule has 28 heavy (non-hydrogen) atoms. The molecule has 0 radical (unpaired) electrons. The van der Waals surface area contributed by atoms with Crippen LogP contribution in [0.3, 0.4) is 0 Å². The maximum Gasteiger partial charge on any atom is 0.253 e. The van der Waals surface area contributed by atoms with Crippen molar-refractivity contribution in [1.82, 2.24) is 10.2 Å². The monoisotopic (exact) mass is 500 g/mol. The molecule has 0 aliphatic carbocycles. The lowest BCUT2D eigenvalue weighted by atomic mass is 9.92. The van der Waals surface area contributed by atoms with E-state index in [-0.39, 0.29) is 36.0 Å². The number of aliphatic imine (C=N–C) groups is 1. The van der Waals surface area contributed by atoms with Crippen LogP contribution >= 0.6 is 24.0 Å². The van der Waals surface area contributed by atoms with Crippen molar-refractivity contribution in [2.75, 3.05) is 32.1 Å². The number of hydrogen-bond acceptors (Lipinski definition) is 3. The van der Waals surface area contributed by atoms with Gasteiger partial charge in [-0.25, -0.2) is 0 Å². The van der Waals surface area contributed by atoms with Crippen LogP contribution < -0.4 is 10.6 Å². The second kappa shape index (κ2) is 11.0. The molecule has 3 rings (SSSR count). The molecule has 0 aromatic heterocycles. The third-order valence-corrected chi connectivity index (χ3v) is 5.25. The molecular formula is C21H33IN4O2. The van der Waals surface area contributed by atoms with E-state index in [2.05, 4.69) is 40.4 Å². The molecule has 2 heterocycles. The molecule has 3 unspecified atom stereocenters. The van der Waals surface area contributed by atoms with Gasteiger partial charge in [-0.05, 0) is 48.8 Å². The van der Waals surface area contributed by atoms with Crippen molar-refractivity contribution in [3.05, 3.63) is 29.8 Å². The molecule has 1 aromatic rings. The minimum absolute atomic E-state index is 0. The fraction of sp³-hybridized carbons (Fsp3) is 0.619. The van der Waals surface area contributed by atoms with Crippen LogP contribution in [0.5, 0.6) is 0 Å². The van der Waals surface area contributed by atoms with Crippen LogP contribution in [0.15, 0.2) is 29.3 Å². The van der Waals surface area contributed by atoms with Crippen LogP contribution in [0.4, 0.5) is 5.69 Å². The third kappa shape index (κ3) is 6.34. The van der Waals surface area contributed by atoms with Gasteiger partial charge in [0.15, 0.2) is 5.96 Å². The first-order valence-electron chi connectivity index (χ1n) is 10.0. The third-order valence-electron chi connectivity index (χ3n) is 5.25. The summed E-state index contributed by atoms with van der Waals surface area (Å²) in [6.45, 7) is 8.04. The molecule has 0 saturated carbocycles. The lowest BCUT2D eigenvalue weighted by Crippen LogP contribution is -2.48. The zero-order valence-electron chi connectivity index (χ0n) is 17.1. The Hall–Kier alpha value is -1.35. The van der Waals surface area contributed by atoms with Gasteiger partial charge in [-0.1, -0.05) is 26.0 Å². The molecule has 1 aromatic carbocycles. The molecule has 2 aliphatic heterocycles. The first-order chi connectivity index (χ1) is 13.0. The van der Waals surface area contributed by atoms with Gasteiger partial charge >= 0.3 is 0 Å². The summed E-state index contributed by atoms with van der Waals surface area (Å²) >= 11 is 0. The zero-order chi connectivity index (χ0) is 19.2. The topological polar surface area (TPSA) is 66.0 Å². The summed E-state index contributed by atoms with van der Waals surface area (Å²) in [7, 11) is 1.84. The summed E-state index contributed by atoms with van der Waals surface area (Å²) in [6, 6.07) is 7.95. The van der Waals surface area contributed by atoms with E-state index in [1.54, 1.807) is 0 Å². The Labute approximate surface area is 185 Å². The van der Waals surface area contributed by atoms with Crippen molar-refractivity contribution in [2.24, 2.45) is 16.8 Å². The van der Waals surface area contributed by atoms with Crippen LogP contribution in [-0.2, 0) is 16.1 Å². The minimum Gasteiger partial charge on any atom is -0.368 e. The summed E-state index contributed by atoms with van der Waals surface area (Å²) in [4.78, 5) is 19.0. The van der Waals surface area contributed by atoms with E-state index in [0.717, 1.165) is 43.1 Å². The van der Waals surface area contributed by atoms with Crippen LogP contribution in [-0.4, -0.2) is 49.6 Å². The Bertz CT molecular complexity index is 666. The van der Waals surface area contributed by atoms with Gasteiger partial charge in [-0.2, -0.15) is 0 Å². The largest absolute Gasteiger partial charge is 0.368 e. The first-order valence-corrected chi connectivity index (χ1v) is 10.0. The molecule has 0 bridgehead atoms. The van der Waals surface area contributed by atoms with Gasteiger partial charge in [0.05, 0.1) is 0 Å². The Balaban J connectivity index is 0.00000280. The quantitative estimate of drug-likeness (QED) is 0.378.